The molecule has 2 aliphatic heterocycles. The summed E-state index contributed by atoms with van der Waals surface area (Å²) in [7, 11) is 2.08. The van der Waals surface area contributed by atoms with Gasteiger partial charge in [0.25, 0.3) is 5.91 Å². The van der Waals surface area contributed by atoms with Crippen molar-refractivity contribution in [2.75, 3.05) is 39.8 Å². The normalized spacial score (nSPS) is 21.7. The second kappa shape index (κ2) is 6.12. The van der Waals surface area contributed by atoms with Gasteiger partial charge in [-0.2, -0.15) is 0 Å². The van der Waals surface area contributed by atoms with Crippen LogP contribution in [0.3, 0.4) is 0 Å². The summed E-state index contributed by atoms with van der Waals surface area (Å²) in [6.07, 6.45) is 2.57. The van der Waals surface area contributed by atoms with E-state index in [0.29, 0.717) is 11.7 Å². The number of hydrogen-bond acceptors (Lipinski definition) is 4. The third kappa shape index (κ3) is 3.51. The number of nitrogens with zero attached hydrogens (tertiary/aromatic N) is 2. The average molecular weight is 241 g/mol. The van der Waals surface area contributed by atoms with Gasteiger partial charge in [0.1, 0.15) is 0 Å². The standard InChI is InChI=1S/C9H14N2O2.C3H9N/c1-10-5-9(6-10)2-3-11(7-9)8(13)4-12;1-2-3-4/h4H,2-3,5-7H2,1H3;2-4H2,1H3. The van der Waals surface area contributed by atoms with Crippen molar-refractivity contribution in [2.45, 2.75) is 19.8 Å². The summed E-state index contributed by atoms with van der Waals surface area (Å²) in [5, 5.41) is 0. The second-order valence-electron chi connectivity index (χ2n) is 5.09. The Balaban J connectivity index is 0.000000317. The van der Waals surface area contributed by atoms with E-state index in [1.165, 1.54) is 0 Å². The highest BCUT2D eigenvalue weighted by Gasteiger charge is 2.46. The van der Waals surface area contributed by atoms with E-state index in [2.05, 4.69) is 18.9 Å². The molecule has 0 aromatic carbocycles. The fraction of sp³-hybridized carbons (Fsp3) is 0.833. The molecular formula is C12H23N3O2. The van der Waals surface area contributed by atoms with Crippen LogP contribution in [0.15, 0.2) is 0 Å². The first-order chi connectivity index (χ1) is 8.06. The number of carbonyl (C=O) groups is 2. The van der Waals surface area contributed by atoms with E-state index in [4.69, 9.17) is 5.73 Å². The lowest BCUT2D eigenvalue weighted by molar-refractivity contribution is -0.138. The van der Waals surface area contributed by atoms with Crippen molar-refractivity contribution in [3.05, 3.63) is 0 Å². The smallest absolute Gasteiger partial charge is 0.286 e. The summed E-state index contributed by atoms with van der Waals surface area (Å²) >= 11 is 0. The van der Waals surface area contributed by atoms with Crippen molar-refractivity contribution < 1.29 is 9.59 Å². The van der Waals surface area contributed by atoms with Crippen LogP contribution in [0.2, 0.25) is 0 Å². The van der Waals surface area contributed by atoms with Crippen molar-refractivity contribution in [3.8, 4) is 0 Å². The van der Waals surface area contributed by atoms with Crippen molar-refractivity contribution in [3.63, 3.8) is 0 Å². The Bertz CT molecular complexity index is 273. The number of likely N-dealkylation sites (tertiary alicyclic amines) is 2. The molecule has 0 bridgehead atoms. The number of nitrogens with two attached hydrogens (primary N) is 1. The summed E-state index contributed by atoms with van der Waals surface area (Å²) in [6, 6.07) is 0. The molecule has 1 spiro atoms. The predicted octanol–water partition coefficient (Wildman–Crippen LogP) is -0.295. The van der Waals surface area contributed by atoms with Gasteiger partial charge in [-0.05, 0) is 26.4 Å². The Hall–Kier alpha value is -0.940. The first kappa shape index (κ1) is 14.1. The highest BCUT2D eigenvalue weighted by Crippen LogP contribution is 2.38. The summed E-state index contributed by atoms with van der Waals surface area (Å²) in [5.41, 5.74) is 5.34. The molecule has 1 amide bonds. The van der Waals surface area contributed by atoms with Crippen LogP contribution in [0.25, 0.3) is 0 Å². The molecule has 17 heavy (non-hydrogen) atoms. The van der Waals surface area contributed by atoms with Gasteiger partial charge in [-0.3, -0.25) is 9.59 Å². The fourth-order valence-electron chi connectivity index (χ4n) is 2.55. The van der Waals surface area contributed by atoms with Crippen LogP contribution in [-0.2, 0) is 9.59 Å². The maximum absolute atomic E-state index is 11.1. The van der Waals surface area contributed by atoms with Crippen molar-refractivity contribution in [2.24, 2.45) is 11.1 Å². The highest BCUT2D eigenvalue weighted by molar-refractivity contribution is 6.23. The first-order valence-electron chi connectivity index (χ1n) is 6.19. The lowest BCUT2D eigenvalue weighted by atomic mass is 9.79. The van der Waals surface area contributed by atoms with Gasteiger partial charge in [-0.15, -0.1) is 0 Å². The molecule has 0 aliphatic carbocycles. The maximum Gasteiger partial charge on any atom is 0.286 e. The molecule has 2 saturated heterocycles. The Labute approximate surface area is 103 Å². The minimum Gasteiger partial charge on any atom is -0.336 e. The molecule has 2 heterocycles. The van der Waals surface area contributed by atoms with Crippen molar-refractivity contribution >= 4 is 12.2 Å². The van der Waals surface area contributed by atoms with E-state index < -0.39 is 0 Å². The molecule has 0 aromatic rings. The molecule has 2 aliphatic rings. The molecule has 2 N–H and O–H groups in total. The zero-order chi connectivity index (χ0) is 12.9. The van der Waals surface area contributed by atoms with Gasteiger partial charge in [0.05, 0.1) is 0 Å². The molecule has 2 rings (SSSR count). The molecule has 0 atom stereocenters. The molecule has 5 heteroatoms. The molecule has 0 radical (unpaired) electrons. The Morgan fingerprint density at radius 1 is 1.41 bits per heavy atom. The zero-order valence-corrected chi connectivity index (χ0v) is 10.8. The molecule has 98 valence electrons. The van der Waals surface area contributed by atoms with E-state index in [9.17, 15) is 9.59 Å². The monoisotopic (exact) mass is 241 g/mol. The minimum atomic E-state index is -0.355. The van der Waals surface area contributed by atoms with Crippen LogP contribution >= 0.6 is 0 Å². The van der Waals surface area contributed by atoms with E-state index in [-0.39, 0.29) is 5.91 Å². The number of carbonyl (C=O) groups excluding carboxylic acids is 2. The quantitative estimate of drug-likeness (QED) is 0.532. The van der Waals surface area contributed by atoms with Crippen LogP contribution < -0.4 is 5.73 Å². The van der Waals surface area contributed by atoms with Gasteiger partial charge in [0.15, 0.2) is 0 Å². The van der Waals surface area contributed by atoms with Gasteiger partial charge in [-0.1, -0.05) is 6.92 Å². The van der Waals surface area contributed by atoms with Crippen molar-refractivity contribution in [1.82, 2.24) is 9.80 Å². The molecule has 0 unspecified atom stereocenters. The average Bonchev–Trinajstić information content (AvgIpc) is 2.73. The third-order valence-corrected chi connectivity index (χ3v) is 3.35. The fourth-order valence-corrected chi connectivity index (χ4v) is 2.55. The maximum atomic E-state index is 11.1. The Kier molecular flexibility index (Phi) is 5.08. The van der Waals surface area contributed by atoms with Crippen LogP contribution in [0.4, 0.5) is 0 Å². The van der Waals surface area contributed by atoms with Gasteiger partial charge in [-0.25, -0.2) is 0 Å². The number of rotatable bonds is 2. The second-order valence-corrected chi connectivity index (χ2v) is 5.09. The topological polar surface area (TPSA) is 66.6 Å². The van der Waals surface area contributed by atoms with Crippen LogP contribution in [0.5, 0.6) is 0 Å². The van der Waals surface area contributed by atoms with E-state index in [1.807, 2.05) is 0 Å². The SMILES string of the molecule is CCCN.CN1CC2(CCN(C(=O)C=O)C2)C1. The highest BCUT2D eigenvalue weighted by atomic mass is 16.2. The number of aldehydes is 1. The molecule has 0 saturated carbocycles. The lowest BCUT2D eigenvalue weighted by Crippen LogP contribution is -2.55. The molecule has 5 nitrogen and oxygen atoms in total. The van der Waals surface area contributed by atoms with Gasteiger partial charge in [0, 0.05) is 31.6 Å². The molecule has 2 fully saturated rings. The van der Waals surface area contributed by atoms with Crippen LogP contribution in [-0.4, -0.2) is 61.8 Å². The van der Waals surface area contributed by atoms with Crippen LogP contribution in [0, 0.1) is 5.41 Å². The number of amides is 1. The molecule has 0 aromatic heterocycles. The van der Waals surface area contributed by atoms with Gasteiger partial charge >= 0.3 is 0 Å². The van der Waals surface area contributed by atoms with E-state index >= 15 is 0 Å². The van der Waals surface area contributed by atoms with Gasteiger partial charge in [0.2, 0.25) is 6.29 Å². The first-order valence-corrected chi connectivity index (χ1v) is 6.19. The summed E-state index contributed by atoms with van der Waals surface area (Å²) in [4.78, 5) is 25.3. The zero-order valence-electron chi connectivity index (χ0n) is 10.8. The predicted molar refractivity (Wildman–Crippen MR) is 66.5 cm³/mol. The van der Waals surface area contributed by atoms with E-state index in [0.717, 1.165) is 45.6 Å². The number of hydrogen-bond donors (Lipinski definition) is 1. The summed E-state index contributed by atoms with van der Waals surface area (Å²) < 4.78 is 0. The largest absolute Gasteiger partial charge is 0.336 e. The summed E-state index contributed by atoms with van der Waals surface area (Å²) in [5.74, 6) is -0.355. The lowest BCUT2D eigenvalue weighted by Gasteiger charge is -2.45. The van der Waals surface area contributed by atoms with Crippen LogP contribution in [0.1, 0.15) is 19.8 Å². The van der Waals surface area contributed by atoms with E-state index in [1.54, 1.807) is 4.90 Å². The third-order valence-electron chi connectivity index (χ3n) is 3.35. The van der Waals surface area contributed by atoms with Crippen molar-refractivity contribution in [1.29, 1.82) is 0 Å². The Morgan fingerprint density at radius 2 is 2.00 bits per heavy atom. The Morgan fingerprint density at radius 3 is 2.41 bits per heavy atom. The summed E-state index contributed by atoms with van der Waals surface area (Å²) in [6.45, 7) is 6.53. The van der Waals surface area contributed by atoms with Gasteiger partial charge < -0.3 is 15.5 Å². The minimum absolute atomic E-state index is 0.313. The molecular weight excluding hydrogens is 218 g/mol.